The highest BCUT2D eigenvalue weighted by atomic mass is 32.2. The molecule has 2 aromatic rings. The van der Waals surface area contributed by atoms with E-state index in [-0.39, 0.29) is 17.2 Å². The Hall–Kier alpha value is -2.35. The average Bonchev–Trinajstić information content (AvgIpc) is 2.48. The average molecular weight is 326 g/mol. The van der Waals surface area contributed by atoms with Crippen LogP contribution in [-0.2, 0) is 4.79 Å². The van der Waals surface area contributed by atoms with E-state index in [2.05, 4.69) is 10.1 Å². The van der Waals surface area contributed by atoms with Gasteiger partial charge in [-0.1, -0.05) is 12.1 Å². The summed E-state index contributed by atoms with van der Waals surface area (Å²) in [6, 6.07) is 10.7. The fourth-order valence-electron chi connectivity index (χ4n) is 1.62. The lowest BCUT2D eigenvalue weighted by molar-refractivity contribution is -0.645. The number of hydrogen-bond donors (Lipinski definition) is 1. The molecular formula is C14H12F2N2O3S. The number of benzene rings is 1. The molecule has 116 valence electrons. The summed E-state index contributed by atoms with van der Waals surface area (Å²) >= 11 is 1.04. The molecule has 0 aliphatic rings. The number of anilines is 1. The van der Waals surface area contributed by atoms with E-state index in [9.17, 15) is 18.8 Å². The normalized spacial score (nSPS) is 10.5. The van der Waals surface area contributed by atoms with Crippen LogP contribution in [0.15, 0.2) is 53.7 Å². The highest BCUT2D eigenvalue weighted by Crippen LogP contribution is 2.25. The quantitative estimate of drug-likeness (QED) is 0.503. The number of carbonyl (C=O) groups excluding carboxylic acids is 1. The molecule has 1 amide bonds. The molecular weight excluding hydrogens is 314 g/mol. The Morgan fingerprint density at radius 2 is 2.00 bits per heavy atom. The van der Waals surface area contributed by atoms with Gasteiger partial charge in [-0.2, -0.15) is 13.5 Å². The van der Waals surface area contributed by atoms with E-state index < -0.39 is 12.5 Å². The molecule has 0 bridgehead atoms. The Balaban J connectivity index is 1.96. The molecule has 0 aliphatic carbocycles. The van der Waals surface area contributed by atoms with Crippen molar-refractivity contribution in [1.29, 1.82) is 0 Å². The maximum atomic E-state index is 12.3. The third kappa shape index (κ3) is 4.59. The predicted molar refractivity (Wildman–Crippen MR) is 77.8 cm³/mol. The lowest BCUT2D eigenvalue weighted by atomic mass is 10.3. The number of halogens is 2. The van der Waals surface area contributed by atoms with Gasteiger partial charge >= 0.3 is 6.61 Å². The first kappa shape index (κ1) is 16.0. The number of hydrogen-bond acceptors (Lipinski definition) is 4. The summed E-state index contributed by atoms with van der Waals surface area (Å²) in [7, 11) is 0. The molecule has 0 aliphatic heterocycles. The van der Waals surface area contributed by atoms with Crippen molar-refractivity contribution in [2.24, 2.45) is 0 Å². The van der Waals surface area contributed by atoms with Gasteiger partial charge in [-0.3, -0.25) is 4.79 Å². The second kappa shape index (κ2) is 7.60. The number of aromatic nitrogens is 1. The minimum absolute atomic E-state index is 0.0325. The van der Waals surface area contributed by atoms with Crippen LogP contribution in [0.25, 0.3) is 0 Å². The Morgan fingerprint density at radius 1 is 1.27 bits per heavy atom. The van der Waals surface area contributed by atoms with Gasteiger partial charge < -0.3 is 15.3 Å². The lowest BCUT2D eigenvalue weighted by Gasteiger charge is -2.11. The standard InChI is InChI=1S/C14H12F2N2O3S/c15-14(16)21-11-6-2-1-5-10(11)17-12(19)9-22-13-7-3-4-8-18(13)20/h1-8,14H,9H2,(H,17,19). The largest absolute Gasteiger partial charge is 0.618 e. The van der Waals surface area contributed by atoms with Crippen molar-refractivity contribution in [1.82, 2.24) is 0 Å². The molecule has 5 nitrogen and oxygen atoms in total. The summed E-state index contributed by atoms with van der Waals surface area (Å²) in [5.74, 6) is -0.580. The van der Waals surface area contributed by atoms with Gasteiger partial charge in [0.2, 0.25) is 5.91 Å². The number of nitrogens with zero attached hydrogens (tertiary/aromatic N) is 1. The van der Waals surface area contributed by atoms with Crippen molar-refractivity contribution in [2.45, 2.75) is 11.6 Å². The second-order valence-corrected chi connectivity index (χ2v) is 5.07. The van der Waals surface area contributed by atoms with Gasteiger partial charge in [0.15, 0.2) is 6.20 Å². The van der Waals surface area contributed by atoms with E-state index in [4.69, 9.17) is 0 Å². The maximum absolute atomic E-state index is 12.3. The minimum Gasteiger partial charge on any atom is -0.618 e. The summed E-state index contributed by atoms with van der Waals surface area (Å²) in [5.41, 5.74) is 0.150. The van der Waals surface area contributed by atoms with Crippen LogP contribution >= 0.6 is 11.8 Å². The summed E-state index contributed by atoms with van der Waals surface area (Å²) in [6.07, 6.45) is 1.33. The lowest BCUT2D eigenvalue weighted by Crippen LogP contribution is -2.28. The maximum Gasteiger partial charge on any atom is 0.387 e. The Morgan fingerprint density at radius 3 is 2.73 bits per heavy atom. The molecule has 8 heteroatoms. The third-order valence-electron chi connectivity index (χ3n) is 2.52. The smallest absolute Gasteiger partial charge is 0.387 e. The van der Waals surface area contributed by atoms with Gasteiger partial charge in [0.1, 0.15) is 5.75 Å². The van der Waals surface area contributed by atoms with Crippen molar-refractivity contribution >= 4 is 23.4 Å². The van der Waals surface area contributed by atoms with E-state index in [1.54, 1.807) is 24.3 Å². The molecule has 2 rings (SSSR count). The molecule has 0 unspecified atom stereocenters. The monoisotopic (exact) mass is 326 g/mol. The van der Waals surface area contributed by atoms with E-state index in [1.165, 1.54) is 24.4 Å². The van der Waals surface area contributed by atoms with Crippen molar-refractivity contribution in [3.63, 3.8) is 0 Å². The molecule has 0 spiro atoms. The summed E-state index contributed by atoms with van der Waals surface area (Å²) < 4.78 is 29.5. The molecule has 1 aromatic heterocycles. The summed E-state index contributed by atoms with van der Waals surface area (Å²) in [4.78, 5) is 11.8. The van der Waals surface area contributed by atoms with Crippen LogP contribution in [0.2, 0.25) is 0 Å². The van der Waals surface area contributed by atoms with E-state index in [0.717, 1.165) is 11.8 Å². The number of para-hydroxylation sites is 2. The van der Waals surface area contributed by atoms with Gasteiger partial charge in [0.25, 0.3) is 5.03 Å². The van der Waals surface area contributed by atoms with Crippen LogP contribution in [0.3, 0.4) is 0 Å². The zero-order chi connectivity index (χ0) is 15.9. The number of carbonyl (C=O) groups is 1. The number of ether oxygens (including phenoxy) is 1. The molecule has 1 heterocycles. The number of rotatable bonds is 6. The van der Waals surface area contributed by atoms with Crippen molar-refractivity contribution in [2.75, 3.05) is 11.1 Å². The zero-order valence-corrected chi connectivity index (χ0v) is 12.1. The number of pyridine rings is 1. The topological polar surface area (TPSA) is 65.3 Å². The van der Waals surface area contributed by atoms with Crippen molar-refractivity contribution < 1.29 is 23.0 Å². The highest BCUT2D eigenvalue weighted by Gasteiger charge is 2.13. The Bertz CT molecular complexity index is 655. The molecule has 0 saturated heterocycles. The summed E-state index contributed by atoms with van der Waals surface area (Å²) in [6.45, 7) is -2.98. The molecule has 0 atom stereocenters. The van der Waals surface area contributed by atoms with Crippen LogP contribution in [0.4, 0.5) is 14.5 Å². The number of amides is 1. The fraction of sp³-hybridized carbons (Fsp3) is 0.143. The van der Waals surface area contributed by atoms with Crippen LogP contribution in [-0.4, -0.2) is 18.3 Å². The van der Waals surface area contributed by atoms with Crippen LogP contribution in [0.1, 0.15) is 0 Å². The van der Waals surface area contributed by atoms with Crippen LogP contribution in [0.5, 0.6) is 5.75 Å². The van der Waals surface area contributed by atoms with Gasteiger partial charge in [-0.05, 0) is 30.0 Å². The van der Waals surface area contributed by atoms with Gasteiger partial charge in [-0.15, -0.1) is 0 Å². The second-order valence-electron chi connectivity index (χ2n) is 4.08. The number of nitrogens with one attached hydrogen (secondary N) is 1. The van der Waals surface area contributed by atoms with Crippen molar-refractivity contribution in [3.8, 4) is 5.75 Å². The minimum atomic E-state index is -2.98. The molecule has 22 heavy (non-hydrogen) atoms. The molecule has 0 saturated carbocycles. The zero-order valence-electron chi connectivity index (χ0n) is 11.2. The fourth-order valence-corrected chi connectivity index (χ4v) is 2.33. The van der Waals surface area contributed by atoms with E-state index >= 15 is 0 Å². The van der Waals surface area contributed by atoms with Crippen LogP contribution in [0, 0.1) is 5.21 Å². The first-order chi connectivity index (χ1) is 10.6. The number of thioether (sulfide) groups is 1. The first-order valence-corrected chi connectivity index (χ1v) is 7.19. The Kier molecular flexibility index (Phi) is 5.54. The van der Waals surface area contributed by atoms with Crippen molar-refractivity contribution in [3.05, 3.63) is 53.9 Å². The molecule has 0 fully saturated rings. The highest BCUT2D eigenvalue weighted by molar-refractivity contribution is 7.99. The Labute approximate surface area is 129 Å². The van der Waals surface area contributed by atoms with Gasteiger partial charge in [0, 0.05) is 12.1 Å². The third-order valence-corrected chi connectivity index (χ3v) is 3.54. The van der Waals surface area contributed by atoms with Gasteiger partial charge in [0.05, 0.1) is 11.4 Å². The molecule has 1 aromatic carbocycles. The van der Waals surface area contributed by atoms with E-state index in [1.807, 2.05) is 0 Å². The van der Waals surface area contributed by atoms with Gasteiger partial charge in [-0.25, -0.2) is 0 Å². The van der Waals surface area contributed by atoms with E-state index in [0.29, 0.717) is 9.76 Å². The summed E-state index contributed by atoms with van der Waals surface area (Å²) in [5, 5.41) is 14.3. The van der Waals surface area contributed by atoms with Crippen LogP contribution < -0.4 is 14.8 Å². The predicted octanol–water partition coefficient (Wildman–Crippen LogP) is 2.65. The number of alkyl halides is 2. The SMILES string of the molecule is O=C(CSc1cccc[n+]1[O-])Nc1ccccc1OC(F)F. The molecule has 1 N–H and O–H groups in total. The first-order valence-electron chi connectivity index (χ1n) is 6.21. The molecule has 0 radical (unpaired) electrons.